The SMILES string of the molecule is Cc1sc2ncnc(SCCC(=O)Nc3ccc(NC(=O)C4CCCO4)cc3)c2c1C. The number of hydrogen-bond acceptors (Lipinski definition) is 7. The molecule has 2 aromatic heterocycles. The zero-order chi connectivity index (χ0) is 21.8. The maximum absolute atomic E-state index is 12.3. The summed E-state index contributed by atoms with van der Waals surface area (Å²) in [5.74, 6) is 0.440. The summed E-state index contributed by atoms with van der Waals surface area (Å²) >= 11 is 3.24. The summed E-state index contributed by atoms with van der Waals surface area (Å²) in [6, 6.07) is 7.11. The van der Waals surface area contributed by atoms with Crippen LogP contribution in [-0.2, 0) is 14.3 Å². The van der Waals surface area contributed by atoms with Crippen molar-refractivity contribution >= 4 is 56.5 Å². The molecule has 4 rings (SSSR count). The Labute approximate surface area is 189 Å². The van der Waals surface area contributed by atoms with Crippen LogP contribution in [0.15, 0.2) is 35.6 Å². The molecule has 1 atom stereocenters. The minimum absolute atomic E-state index is 0.0628. The van der Waals surface area contributed by atoms with E-state index in [1.807, 2.05) is 0 Å². The zero-order valence-corrected chi connectivity index (χ0v) is 19.1. The molecule has 9 heteroatoms. The summed E-state index contributed by atoms with van der Waals surface area (Å²) in [5, 5.41) is 7.76. The second-order valence-corrected chi connectivity index (χ2v) is 9.64. The molecule has 2 amide bonds. The van der Waals surface area contributed by atoms with Gasteiger partial charge in [0.05, 0.1) is 0 Å². The number of carbonyl (C=O) groups excluding carboxylic acids is 2. The number of benzene rings is 1. The number of thiophene rings is 1. The van der Waals surface area contributed by atoms with Crippen molar-refractivity contribution in [1.82, 2.24) is 9.97 Å². The Morgan fingerprint density at radius 1 is 1.16 bits per heavy atom. The predicted molar refractivity (Wildman–Crippen MR) is 125 cm³/mol. The van der Waals surface area contributed by atoms with Gasteiger partial charge >= 0.3 is 0 Å². The number of thioether (sulfide) groups is 1. The van der Waals surface area contributed by atoms with E-state index in [4.69, 9.17) is 4.74 Å². The quantitative estimate of drug-likeness (QED) is 0.400. The van der Waals surface area contributed by atoms with E-state index in [1.165, 1.54) is 10.4 Å². The van der Waals surface area contributed by atoms with Gasteiger partial charge in [-0.25, -0.2) is 9.97 Å². The molecule has 1 aliphatic heterocycles. The summed E-state index contributed by atoms with van der Waals surface area (Å²) in [7, 11) is 0. The summed E-state index contributed by atoms with van der Waals surface area (Å²) in [6.07, 6.45) is 3.25. The lowest BCUT2D eigenvalue weighted by atomic mass is 10.2. The van der Waals surface area contributed by atoms with Crippen molar-refractivity contribution in [1.29, 1.82) is 0 Å². The van der Waals surface area contributed by atoms with Gasteiger partial charge in [0.25, 0.3) is 5.91 Å². The van der Waals surface area contributed by atoms with Crippen LogP contribution in [0.1, 0.15) is 29.7 Å². The minimum atomic E-state index is -0.366. The summed E-state index contributed by atoms with van der Waals surface area (Å²) in [6.45, 7) is 4.81. The highest BCUT2D eigenvalue weighted by molar-refractivity contribution is 7.99. The Morgan fingerprint density at radius 2 is 1.90 bits per heavy atom. The van der Waals surface area contributed by atoms with E-state index < -0.39 is 0 Å². The molecule has 0 bridgehead atoms. The molecular weight excluding hydrogens is 432 g/mol. The Kier molecular flexibility index (Phi) is 6.84. The highest BCUT2D eigenvalue weighted by Gasteiger charge is 2.23. The van der Waals surface area contributed by atoms with Crippen molar-refractivity contribution in [2.45, 2.75) is 44.2 Å². The number of nitrogens with one attached hydrogen (secondary N) is 2. The molecule has 1 fully saturated rings. The van der Waals surface area contributed by atoms with Gasteiger partial charge in [-0.1, -0.05) is 0 Å². The largest absolute Gasteiger partial charge is 0.368 e. The molecular formula is C22H24N4O3S2. The summed E-state index contributed by atoms with van der Waals surface area (Å²) in [4.78, 5) is 35.4. The molecule has 162 valence electrons. The Bertz CT molecular complexity index is 1090. The van der Waals surface area contributed by atoms with Gasteiger partial charge in [-0.15, -0.1) is 23.1 Å². The maximum Gasteiger partial charge on any atom is 0.253 e. The van der Waals surface area contributed by atoms with Gasteiger partial charge in [-0.2, -0.15) is 0 Å². The van der Waals surface area contributed by atoms with E-state index in [1.54, 1.807) is 53.7 Å². The first-order chi connectivity index (χ1) is 15.0. The molecule has 0 radical (unpaired) electrons. The fourth-order valence-electron chi connectivity index (χ4n) is 3.37. The van der Waals surface area contributed by atoms with Crippen molar-refractivity contribution in [3.8, 4) is 0 Å². The standard InChI is InChI=1S/C22H24N4O3S2/c1-13-14(2)31-22-19(13)21(23-12-24-22)30-11-9-18(27)25-15-5-7-16(8-6-15)26-20(28)17-4-3-10-29-17/h5-8,12,17H,3-4,9-11H2,1-2H3,(H,25,27)(H,26,28). The fourth-order valence-corrected chi connectivity index (χ4v) is 5.43. The molecule has 0 aliphatic carbocycles. The number of carbonyl (C=O) groups is 2. The smallest absolute Gasteiger partial charge is 0.253 e. The lowest BCUT2D eigenvalue weighted by molar-refractivity contribution is -0.124. The fraction of sp³-hybridized carbons (Fsp3) is 0.364. The van der Waals surface area contributed by atoms with Crippen LogP contribution in [-0.4, -0.2) is 40.2 Å². The molecule has 2 N–H and O–H groups in total. The van der Waals surface area contributed by atoms with Gasteiger partial charge in [0.2, 0.25) is 5.91 Å². The number of aromatic nitrogens is 2. The number of rotatable bonds is 7. The Hall–Kier alpha value is -2.49. The van der Waals surface area contributed by atoms with E-state index in [9.17, 15) is 9.59 Å². The van der Waals surface area contributed by atoms with E-state index in [0.717, 1.165) is 28.1 Å². The van der Waals surface area contributed by atoms with Crippen LogP contribution in [0.2, 0.25) is 0 Å². The second kappa shape index (κ2) is 9.76. The summed E-state index contributed by atoms with van der Waals surface area (Å²) < 4.78 is 5.39. The van der Waals surface area contributed by atoms with Crippen LogP contribution in [0.5, 0.6) is 0 Å². The first-order valence-electron chi connectivity index (χ1n) is 10.2. The van der Waals surface area contributed by atoms with E-state index in [-0.39, 0.29) is 17.9 Å². The third-order valence-electron chi connectivity index (χ3n) is 5.16. The number of nitrogens with zero attached hydrogens (tertiary/aromatic N) is 2. The van der Waals surface area contributed by atoms with Gasteiger partial charge in [0.1, 0.15) is 22.3 Å². The van der Waals surface area contributed by atoms with Crippen molar-refractivity contribution in [3.05, 3.63) is 41.0 Å². The molecule has 1 saturated heterocycles. The average molecular weight is 457 g/mol. The van der Waals surface area contributed by atoms with Gasteiger partial charge in [0, 0.05) is 40.4 Å². The van der Waals surface area contributed by atoms with Crippen LogP contribution in [0.25, 0.3) is 10.2 Å². The predicted octanol–water partition coefficient (Wildman–Crippen LogP) is 4.55. The molecule has 0 saturated carbocycles. The van der Waals surface area contributed by atoms with E-state index in [0.29, 0.717) is 30.2 Å². The van der Waals surface area contributed by atoms with Crippen LogP contribution >= 0.6 is 23.1 Å². The molecule has 1 aromatic carbocycles. The number of hydrogen-bond donors (Lipinski definition) is 2. The summed E-state index contributed by atoms with van der Waals surface area (Å²) in [5.41, 5.74) is 2.58. The van der Waals surface area contributed by atoms with Crippen LogP contribution in [0.4, 0.5) is 11.4 Å². The van der Waals surface area contributed by atoms with Gasteiger partial charge < -0.3 is 15.4 Å². The normalized spacial score (nSPS) is 15.9. The number of anilines is 2. The van der Waals surface area contributed by atoms with E-state index in [2.05, 4.69) is 34.4 Å². The van der Waals surface area contributed by atoms with Crippen molar-refractivity contribution in [2.24, 2.45) is 0 Å². The highest BCUT2D eigenvalue weighted by Crippen LogP contribution is 2.34. The molecule has 7 nitrogen and oxygen atoms in total. The molecule has 0 spiro atoms. The van der Waals surface area contributed by atoms with Gasteiger partial charge in [0.15, 0.2) is 0 Å². The average Bonchev–Trinajstić information content (AvgIpc) is 3.39. The lowest BCUT2D eigenvalue weighted by Crippen LogP contribution is -2.26. The molecule has 1 aliphatic rings. The van der Waals surface area contributed by atoms with Crippen molar-refractivity contribution in [2.75, 3.05) is 23.0 Å². The molecule has 1 unspecified atom stereocenters. The second-order valence-electron chi connectivity index (χ2n) is 7.36. The number of aryl methyl sites for hydroxylation is 2. The van der Waals surface area contributed by atoms with Crippen LogP contribution < -0.4 is 10.6 Å². The minimum Gasteiger partial charge on any atom is -0.368 e. The Balaban J connectivity index is 1.27. The van der Waals surface area contributed by atoms with Gasteiger partial charge in [-0.3, -0.25) is 9.59 Å². The first-order valence-corrected chi connectivity index (χ1v) is 12.0. The number of fused-ring (bicyclic) bond motifs is 1. The molecule has 3 aromatic rings. The maximum atomic E-state index is 12.3. The van der Waals surface area contributed by atoms with Gasteiger partial charge in [-0.05, 0) is 56.5 Å². The number of ether oxygens (including phenoxy) is 1. The van der Waals surface area contributed by atoms with E-state index >= 15 is 0 Å². The van der Waals surface area contributed by atoms with Crippen molar-refractivity contribution in [3.63, 3.8) is 0 Å². The lowest BCUT2D eigenvalue weighted by Gasteiger charge is -2.11. The first kappa shape index (κ1) is 21.7. The third-order valence-corrected chi connectivity index (χ3v) is 7.26. The molecule has 31 heavy (non-hydrogen) atoms. The topological polar surface area (TPSA) is 93.2 Å². The molecule has 3 heterocycles. The highest BCUT2D eigenvalue weighted by atomic mass is 32.2. The van der Waals surface area contributed by atoms with Crippen molar-refractivity contribution < 1.29 is 14.3 Å². The zero-order valence-electron chi connectivity index (χ0n) is 17.4. The number of amides is 2. The van der Waals surface area contributed by atoms with Crippen LogP contribution in [0.3, 0.4) is 0 Å². The van der Waals surface area contributed by atoms with Crippen LogP contribution in [0, 0.1) is 13.8 Å². The third kappa shape index (κ3) is 5.23. The Morgan fingerprint density at radius 3 is 2.61 bits per heavy atom. The monoisotopic (exact) mass is 456 g/mol.